The Balaban J connectivity index is 0.000000477. The molecule has 0 heterocycles. The number of ether oxygens (including phenoxy) is 3. The van der Waals surface area contributed by atoms with Crippen molar-refractivity contribution >= 4 is 27.1 Å². The molecule has 1 unspecified atom stereocenters. The molecule has 0 amide bonds. The van der Waals surface area contributed by atoms with Crippen molar-refractivity contribution in [1.29, 1.82) is 0 Å². The molecule has 0 aliphatic heterocycles. The van der Waals surface area contributed by atoms with Gasteiger partial charge in [-0.3, -0.25) is 0 Å². The third kappa shape index (κ3) is 9.01. The Kier molecular flexibility index (Phi) is 12.0. The van der Waals surface area contributed by atoms with E-state index < -0.39 is 11.9 Å². The predicted molar refractivity (Wildman–Crippen MR) is 98.7 cm³/mol. The van der Waals surface area contributed by atoms with Crippen molar-refractivity contribution in [1.82, 2.24) is 0 Å². The molecule has 0 saturated heterocycles. The van der Waals surface area contributed by atoms with Crippen molar-refractivity contribution in [2.45, 2.75) is 19.8 Å². The maximum atomic E-state index is 11.2. The van der Waals surface area contributed by atoms with Crippen molar-refractivity contribution in [3.05, 3.63) is 47.5 Å². The normalized spacial score (nSPS) is 9.28. The van der Waals surface area contributed by atoms with Crippen LogP contribution in [0.3, 0.4) is 0 Å². The molecule has 0 bridgehead atoms. The van der Waals surface area contributed by atoms with Crippen LogP contribution in [0.5, 0.6) is 0 Å². The molecule has 0 fully saturated rings. The fourth-order valence-corrected chi connectivity index (χ4v) is 1.88. The van der Waals surface area contributed by atoms with Crippen molar-refractivity contribution < 1.29 is 28.6 Å². The number of hydrogen-bond acceptors (Lipinski definition) is 6. The van der Waals surface area contributed by atoms with Crippen LogP contribution in [0.15, 0.2) is 36.4 Å². The van der Waals surface area contributed by atoms with Crippen LogP contribution in [-0.2, 0) is 19.0 Å². The Hall–Kier alpha value is -2.20. The van der Waals surface area contributed by atoms with Gasteiger partial charge in [0, 0.05) is 5.57 Å². The highest BCUT2D eigenvalue weighted by atomic mass is 31.0. The molecule has 0 saturated carbocycles. The Labute approximate surface area is 150 Å². The first-order valence-corrected chi connectivity index (χ1v) is 8.49. The van der Waals surface area contributed by atoms with Gasteiger partial charge in [0.15, 0.2) is 0 Å². The second kappa shape index (κ2) is 13.1. The smallest absolute Gasteiger partial charge is 0.338 e. The molecule has 25 heavy (non-hydrogen) atoms. The standard InChI is InChI=1S/C10H10O4.C8H15O2P/c1-13-9(11)7-5-3-4-6-8(7)10(12)14-2;1-7(2)8(9)10-5-3-4-6-11/h3-6H,1-2H3;1,3-6,11H2,2H3. The van der Waals surface area contributed by atoms with E-state index in [-0.39, 0.29) is 17.1 Å². The van der Waals surface area contributed by atoms with Gasteiger partial charge in [0.1, 0.15) is 0 Å². The first-order valence-electron chi connectivity index (χ1n) is 7.67. The van der Waals surface area contributed by atoms with Crippen LogP contribution < -0.4 is 0 Å². The van der Waals surface area contributed by atoms with Gasteiger partial charge in [-0.1, -0.05) is 18.7 Å². The van der Waals surface area contributed by atoms with Crippen molar-refractivity contribution in [2.75, 3.05) is 27.0 Å². The monoisotopic (exact) mass is 368 g/mol. The van der Waals surface area contributed by atoms with Gasteiger partial charge in [-0.15, -0.1) is 9.24 Å². The van der Waals surface area contributed by atoms with Gasteiger partial charge in [0.2, 0.25) is 0 Å². The Bertz CT molecular complexity index is 562. The van der Waals surface area contributed by atoms with Gasteiger partial charge in [-0.25, -0.2) is 14.4 Å². The third-order valence-electron chi connectivity index (χ3n) is 2.92. The highest BCUT2D eigenvalue weighted by molar-refractivity contribution is 7.16. The number of benzene rings is 1. The second-order valence-corrected chi connectivity index (χ2v) is 5.52. The van der Waals surface area contributed by atoms with E-state index in [0.29, 0.717) is 12.2 Å². The molecule has 7 heteroatoms. The fraction of sp³-hybridized carbons (Fsp3) is 0.389. The minimum atomic E-state index is -0.550. The Morgan fingerprint density at radius 1 is 1.00 bits per heavy atom. The largest absolute Gasteiger partial charge is 0.465 e. The van der Waals surface area contributed by atoms with Gasteiger partial charge in [-0.2, -0.15) is 0 Å². The van der Waals surface area contributed by atoms with Crippen LogP contribution in [0.1, 0.15) is 40.5 Å². The summed E-state index contributed by atoms with van der Waals surface area (Å²) in [5.41, 5.74) is 0.888. The molecule has 1 rings (SSSR count). The van der Waals surface area contributed by atoms with E-state index in [0.717, 1.165) is 19.0 Å². The maximum Gasteiger partial charge on any atom is 0.338 e. The number of carbonyl (C=O) groups excluding carboxylic acids is 3. The number of methoxy groups -OCH3 is 2. The van der Waals surface area contributed by atoms with Gasteiger partial charge in [-0.05, 0) is 38.1 Å². The first kappa shape index (κ1) is 22.8. The minimum Gasteiger partial charge on any atom is -0.465 e. The molecule has 1 aromatic carbocycles. The minimum absolute atomic E-state index is 0.210. The molecule has 6 nitrogen and oxygen atoms in total. The number of unbranched alkanes of at least 4 members (excludes halogenated alkanes) is 1. The fourth-order valence-electron chi connectivity index (χ4n) is 1.59. The average Bonchev–Trinajstić information content (AvgIpc) is 2.64. The van der Waals surface area contributed by atoms with Crippen LogP contribution in [-0.4, -0.2) is 44.9 Å². The van der Waals surface area contributed by atoms with Gasteiger partial charge < -0.3 is 14.2 Å². The highest BCUT2D eigenvalue weighted by Crippen LogP contribution is 2.10. The van der Waals surface area contributed by atoms with E-state index >= 15 is 0 Å². The molecule has 0 aromatic heterocycles. The summed E-state index contributed by atoms with van der Waals surface area (Å²) in [6, 6.07) is 6.33. The lowest BCUT2D eigenvalue weighted by atomic mass is 10.1. The van der Waals surface area contributed by atoms with Crippen molar-refractivity contribution in [3.63, 3.8) is 0 Å². The lowest BCUT2D eigenvalue weighted by Gasteiger charge is -2.04. The van der Waals surface area contributed by atoms with Crippen LogP contribution in [0.4, 0.5) is 0 Å². The SMILES string of the molecule is C=C(C)C(=O)OCCCCP.COC(=O)c1ccccc1C(=O)OC. The molecular formula is C18H25O6P. The molecule has 0 aliphatic rings. The zero-order valence-corrected chi connectivity index (χ0v) is 16.0. The summed E-state index contributed by atoms with van der Waals surface area (Å²) < 4.78 is 13.9. The molecular weight excluding hydrogens is 343 g/mol. The van der Waals surface area contributed by atoms with Crippen LogP contribution >= 0.6 is 9.24 Å². The highest BCUT2D eigenvalue weighted by Gasteiger charge is 2.16. The summed E-state index contributed by atoms with van der Waals surface area (Å²) >= 11 is 0. The number of rotatable bonds is 7. The van der Waals surface area contributed by atoms with Gasteiger partial charge in [0.05, 0.1) is 32.0 Å². The van der Waals surface area contributed by atoms with Gasteiger partial charge >= 0.3 is 17.9 Å². The van der Waals surface area contributed by atoms with Crippen molar-refractivity contribution in [3.8, 4) is 0 Å². The zero-order valence-electron chi connectivity index (χ0n) is 14.9. The van der Waals surface area contributed by atoms with E-state index in [9.17, 15) is 14.4 Å². The molecule has 0 N–H and O–H groups in total. The van der Waals surface area contributed by atoms with E-state index in [1.807, 2.05) is 0 Å². The molecule has 1 atom stereocenters. The summed E-state index contributed by atoms with van der Waals surface area (Å²) in [6.45, 7) is 5.64. The van der Waals surface area contributed by atoms with Gasteiger partial charge in [0.25, 0.3) is 0 Å². The van der Waals surface area contributed by atoms with E-state index in [2.05, 4.69) is 25.3 Å². The van der Waals surface area contributed by atoms with Crippen LogP contribution in [0.2, 0.25) is 0 Å². The first-order chi connectivity index (χ1) is 11.9. The summed E-state index contributed by atoms with van der Waals surface area (Å²) in [7, 11) is 5.15. The summed E-state index contributed by atoms with van der Waals surface area (Å²) in [6.07, 6.45) is 3.07. The van der Waals surface area contributed by atoms with Crippen LogP contribution in [0.25, 0.3) is 0 Å². The molecule has 1 aromatic rings. The molecule has 138 valence electrons. The predicted octanol–water partition coefficient (Wildman–Crippen LogP) is 3.02. The quantitative estimate of drug-likeness (QED) is 0.242. The Morgan fingerprint density at radius 3 is 1.84 bits per heavy atom. The van der Waals surface area contributed by atoms with Crippen molar-refractivity contribution in [2.24, 2.45) is 0 Å². The average molecular weight is 368 g/mol. The topological polar surface area (TPSA) is 78.9 Å². The molecule has 0 spiro atoms. The number of esters is 3. The number of carbonyl (C=O) groups is 3. The lowest BCUT2D eigenvalue weighted by Crippen LogP contribution is -2.11. The summed E-state index contributed by atoms with van der Waals surface area (Å²) in [5.74, 6) is -1.38. The second-order valence-electron chi connectivity index (χ2n) is 4.94. The Morgan fingerprint density at radius 2 is 1.48 bits per heavy atom. The van der Waals surface area contributed by atoms with E-state index in [4.69, 9.17) is 4.74 Å². The molecule has 0 radical (unpaired) electrons. The zero-order chi connectivity index (χ0) is 19.2. The van der Waals surface area contributed by atoms with E-state index in [1.165, 1.54) is 26.4 Å². The molecule has 0 aliphatic carbocycles. The summed E-state index contributed by atoms with van der Waals surface area (Å²) in [5, 5.41) is 0. The summed E-state index contributed by atoms with van der Waals surface area (Å²) in [4.78, 5) is 33.2. The van der Waals surface area contributed by atoms with Crippen LogP contribution in [0, 0.1) is 0 Å². The number of hydrogen-bond donors (Lipinski definition) is 0. The lowest BCUT2D eigenvalue weighted by molar-refractivity contribution is -0.139. The van der Waals surface area contributed by atoms with E-state index in [1.54, 1.807) is 19.1 Å². The maximum absolute atomic E-state index is 11.2. The third-order valence-corrected chi connectivity index (χ3v) is 3.33.